The Morgan fingerprint density at radius 1 is 1.24 bits per heavy atom. The quantitative estimate of drug-likeness (QED) is 0.869. The van der Waals surface area contributed by atoms with Crippen LogP contribution in [0.25, 0.3) is 0 Å². The highest BCUT2D eigenvalue weighted by atomic mass is 32.2. The minimum atomic E-state index is -4.00. The molecule has 0 radical (unpaired) electrons. The van der Waals surface area contributed by atoms with Crippen molar-refractivity contribution in [1.29, 1.82) is 5.26 Å². The standard InChI is InChI=1S/C13H10N2O5S/c14-8-7-9-1-3-10(4-2-9)15-21(18,19)12-6-5-11(20-12)13(16)17/h1-6,15H,7H2,(H,16,17). The second kappa shape index (κ2) is 5.68. The molecule has 0 atom stereocenters. The minimum absolute atomic E-state index is 0.229. The van der Waals surface area contributed by atoms with Crippen LogP contribution in [0.4, 0.5) is 5.69 Å². The molecule has 108 valence electrons. The van der Waals surface area contributed by atoms with E-state index in [-0.39, 0.29) is 12.1 Å². The van der Waals surface area contributed by atoms with Gasteiger partial charge in [0.2, 0.25) is 10.9 Å². The predicted octanol–water partition coefficient (Wildman–Crippen LogP) is 1.84. The van der Waals surface area contributed by atoms with Gasteiger partial charge in [-0.3, -0.25) is 4.72 Å². The van der Waals surface area contributed by atoms with E-state index in [1.54, 1.807) is 12.1 Å². The van der Waals surface area contributed by atoms with Crippen LogP contribution < -0.4 is 4.72 Å². The molecule has 1 heterocycles. The number of furan rings is 1. The van der Waals surface area contributed by atoms with Crippen LogP contribution in [-0.2, 0) is 16.4 Å². The monoisotopic (exact) mass is 306 g/mol. The van der Waals surface area contributed by atoms with Crippen LogP contribution in [0.1, 0.15) is 16.1 Å². The fraction of sp³-hybridized carbons (Fsp3) is 0.0769. The van der Waals surface area contributed by atoms with E-state index < -0.39 is 26.8 Å². The minimum Gasteiger partial charge on any atom is -0.475 e. The maximum Gasteiger partial charge on any atom is 0.371 e. The van der Waals surface area contributed by atoms with E-state index in [0.717, 1.165) is 17.7 Å². The summed E-state index contributed by atoms with van der Waals surface area (Å²) >= 11 is 0. The number of aromatic carboxylic acids is 1. The molecular formula is C13H10N2O5S. The molecular weight excluding hydrogens is 296 g/mol. The smallest absolute Gasteiger partial charge is 0.371 e. The maximum absolute atomic E-state index is 12.0. The number of hydrogen-bond donors (Lipinski definition) is 2. The van der Waals surface area contributed by atoms with Crippen LogP contribution in [-0.4, -0.2) is 19.5 Å². The van der Waals surface area contributed by atoms with Gasteiger partial charge in [0.05, 0.1) is 12.5 Å². The Kier molecular flexibility index (Phi) is 3.95. The van der Waals surface area contributed by atoms with E-state index in [2.05, 4.69) is 4.72 Å². The number of carboxylic acid groups (broad SMARTS) is 1. The van der Waals surface area contributed by atoms with Gasteiger partial charge in [0.1, 0.15) is 0 Å². The van der Waals surface area contributed by atoms with Crippen molar-refractivity contribution in [2.45, 2.75) is 11.5 Å². The summed E-state index contributed by atoms with van der Waals surface area (Å²) in [7, 11) is -4.00. The molecule has 0 spiro atoms. The third kappa shape index (κ3) is 3.40. The van der Waals surface area contributed by atoms with Gasteiger partial charge >= 0.3 is 5.97 Å². The van der Waals surface area contributed by atoms with Gasteiger partial charge in [0, 0.05) is 5.69 Å². The molecule has 0 amide bonds. The summed E-state index contributed by atoms with van der Waals surface area (Å²) < 4.78 is 31.0. The summed E-state index contributed by atoms with van der Waals surface area (Å²) in [6.45, 7) is 0. The molecule has 21 heavy (non-hydrogen) atoms. The Labute approximate surface area is 120 Å². The van der Waals surface area contributed by atoms with E-state index in [0.29, 0.717) is 0 Å². The van der Waals surface area contributed by atoms with E-state index in [4.69, 9.17) is 14.8 Å². The van der Waals surface area contributed by atoms with Gasteiger partial charge in [0.15, 0.2) is 0 Å². The lowest BCUT2D eigenvalue weighted by Crippen LogP contribution is -2.12. The van der Waals surface area contributed by atoms with Crippen molar-refractivity contribution in [2.24, 2.45) is 0 Å². The summed E-state index contributed by atoms with van der Waals surface area (Å²) in [6, 6.07) is 10.4. The van der Waals surface area contributed by atoms with Crippen LogP contribution in [0.2, 0.25) is 0 Å². The number of benzene rings is 1. The van der Waals surface area contributed by atoms with E-state index >= 15 is 0 Å². The molecule has 1 aromatic heterocycles. The van der Waals surface area contributed by atoms with E-state index in [1.165, 1.54) is 12.1 Å². The van der Waals surface area contributed by atoms with Crippen LogP contribution in [0, 0.1) is 11.3 Å². The summed E-state index contributed by atoms with van der Waals surface area (Å²) in [6.07, 6.45) is 0.229. The Hall–Kier alpha value is -2.79. The van der Waals surface area contributed by atoms with Crippen molar-refractivity contribution in [3.8, 4) is 6.07 Å². The zero-order chi connectivity index (χ0) is 15.5. The molecule has 8 heteroatoms. The molecule has 0 fully saturated rings. The number of nitrogens with one attached hydrogen (secondary N) is 1. The lowest BCUT2D eigenvalue weighted by atomic mass is 10.1. The van der Waals surface area contributed by atoms with Gasteiger partial charge in [-0.05, 0) is 29.8 Å². The molecule has 1 aromatic carbocycles. The first-order valence-corrected chi connectivity index (χ1v) is 7.22. The first-order valence-electron chi connectivity index (χ1n) is 5.74. The Balaban J connectivity index is 2.20. The summed E-state index contributed by atoms with van der Waals surface area (Å²) in [4.78, 5) is 10.7. The van der Waals surface area contributed by atoms with E-state index in [1.807, 2.05) is 6.07 Å². The second-order valence-electron chi connectivity index (χ2n) is 4.06. The van der Waals surface area contributed by atoms with Gasteiger partial charge in [-0.15, -0.1) is 0 Å². The number of nitriles is 1. The van der Waals surface area contributed by atoms with Crippen LogP contribution in [0.3, 0.4) is 0 Å². The van der Waals surface area contributed by atoms with Crippen molar-refractivity contribution >= 4 is 21.7 Å². The summed E-state index contributed by atoms with van der Waals surface area (Å²) in [5, 5.41) is 16.8. The number of sulfonamides is 1. The average molecular weight is 306 g/mol. The first-order chi connectivity index (χ1) is 9.92. The first kappa shape index (κ1) is 14.6. The molecule has 0 bridgehead atoms. The van der Waals surface area contributed by atoms with Crippen molar-refractivity contribution in [3.05, 3.63) is 47.7 Å². The SMILES string of the molecule is N#CCc1ccc(NS(=O)(=O)c2ccc(C(=O)O)o2)cc1. The predicted molar refractivity (Wildman–Crippen MR) is 72.2 cm³/mol. The van der Waals surface area contributed by atoms with Crippen molar-refractivity contribution in [3.63, 3.8) is 0 Å². The maximum atomic E-state index is 12.0. The van der Waals surface area contributed by atoms with Gasteiger partial charge in [-0.2, -0.15) is 13.7 Å². The molecule has 2 N–H and O–H groups in total. The molecule has 2 aromatic rings. The fourth-order valence-electron chi connectivity index (χ4n) is 1.57. The van der Waals surface area contributed by atoms with Crippen molar-refractivity contribution < 1.29 is 22.7 Å². The molecule has 7 nitrogen and oxygen atoms in total. The number of carbonyl (C=O) groups is 1. The van der Waals surface area contributed by atoms with E-state index in [9.17, 15) is 13.2 Å². The highest BCUT2D eigenvalue weighted by Crippen LogP contribution is 2.19. The van der Waals surface area contributed by atoms with Gasteiger partial charge in [-0.25, -0.2) is 4.79 Å². The normalized spacial score (nSPS) is 10.8. The van der Waals surface area contributed by atoms with Gasteiger partial charge in [-0.1, -0.05) is 12.1 Å². The Bertz CT molecular complexity index is 800. The largest absolute Gasteiger partial charge is 0.475 e. The molecule has 0 saturated carbocycles. The molecule has 0 aliphatic carbocycles. The third-order valence-corrected chi connectivity index (χ3v) is 3.80. The summed E-state index contributed by atoms with van der Waals surface area (Å²) in [5.41, 5.74) is 1.04. The Morgan fingerprint density at radius 3 is 2.43 bits per heavy atom. The zero-order valence-electron chi connectivity index (χ0n) is 10.6. The van der Waals surface area contributed by atoms with Gasteiger partial charge in [0.25, 0.3) is 10.0 Å². The molecule has 0 aliphatic heterocycles. The lowest BCUT2D eigenvalue weighted by molar-refractivity contribution is 0.0656. The lowest BCUT2D eigenvalue weighted by Gasteiger charge is -2.06. The number of rotatable bonds is 5. The molecule has 0 aliphatic rings. The van der Waals surface area contributed by atoms with Gasteiger partial charge < -0.3 is 9.52 Å². The van der Waals surface area contributed by atoms with Crippen LogP contribution in [0.5, 0.6) is 0 Å². The topological polar surface area (TPSA) is 120 Å². The van der Waals surface area contributed by atoms with Crippen molar-refractivity contribution in [1.82, 2.24) is 0 Å². The fourth-order valence-corrected chi connectivity index (χ4v) is 2.56. The highest BCUT2D eigenvalue weighted by molar-refractivity contribution is 7.92. The highest BCUT2D eigenvalue weighted by Gasteiger charge is 2.21. The molecule has 0 unspecified atom stereocenters. The average Bonchev–Trinajstić information content (AvgIpc) is 2.92. The number of anilines is 1. The number of carboxylic acids is 1. The van der Waals surface area contributed by atoms with Crippen LogP contribution in [0.15, 0.2) is 45.9 Å². The summed E-state index contributed by atoms with van der Waals surface area (Å²) in [5.74, 6) is -1.81. The van der Waals surface area contributed by atoms with Crippen molar-refractivity contribution in [2.75, 3.05) is 4.72 Å². The van der Waals surface area contributed by atoms with Crippen LogP contribution >= 0.6 is 0 Å². The Morgan fingerprint density at radius 2 is 1.90 bits per heavy atom. The number of nitrogens with zero attached hydrogens (tertiary/aromatic N) is 1. The second-order valence-corrected chi connectivity index (χ2v) is 5.67. The zero-order valence-corrected chi connectivity index (χ0v) is 11.4. The third-order valence-electron chi connectivity index (χ3n) is 2.55. The number of hydrogen-bond acceptors (Lipinski definition) is 5. The molecule has 0 saturated heterocycles. The molecule has 2 rings (SSSR count).